The van der Waals surface area contributed by atoms with Crippen molar-refractivity contribution in [3.63, 3.8) is 0 Å². The van der Waals surface area contributed by atoms with Gasteiger partial charge in [-0.25, -0.2) is 0 Å². The molecular weight excluding hydrogens is 403 g/mol. The van der Waals surface area contributed by atoms with Crippen LogP contribution >= 0.6 is 24.0 Å². The fourth-order valence-corrected chi connectivity index (χ4v) is 2.14. The molecule has 128 valence electrons. The van der Waals surface area contributed by atoms with Crippen LogP contribution in [0.2, 0.25) is 0 Å². The van der Waals surface area contributed by atoms with Crippen LogP contribution in [-0.2, 0) is 6.42 Å². The van der Waals surface area contributed by atoms with Gasteiger partial charge >= 0.3 is 0 Å². The van der Waals surface area contributed by atoms with Crippen molar-refractivity contribution in [2.75, 3.05) is 13.1 Å². The second kappa shape index (κ2) is 10.4. The zero-order valence-corrected chi connectivity index (χ0v) is 16.4. The summed E-state index contributed by atoms with van der Waals surface area (Å²) in [6.45, 7) is 8.05. The summed E-state index contributed by atoms with van der Waals surface area (Å²) >= 11 is 0. The van der Waals surface area contributed by atoms with Gasteiger partial charge in [0.1, 0.15) is 5.82 Å². The molecule has 6 nitrogen and oxygen atoms in total. The summed E-state index contributed by atoms with van der Waals surface area (Å²) in [7, 11) is 0. The number of pyridine rings is 1. The van der Waals surface area contributed by atoms with E-state index in [1.54, 1.807) is 0 Å². The number of aryl methyl sites for hydroxylation is 1. The number of nitrogens with zero attached hydrogens (tertiary/aromatic N) is 4. The Hall–Kier alpha value is -1.38. The highest BCUT2D eigenvalue weighted by atomic mass is 127. The Kier molecular flexibility index (Phi) is 8.90. The predicted molar refractivity (Wildman–Crippen MR) is 106 cm³/mol. The van der Waals surface area contributed by atoms with Gasteiger partial charge in [-0.05, 0) is 38.8 Å². The highest BCUT2D eigenvalue weighted by Crippen LogP contribution is 2.05. The number of aliphatic imine (C=N–C) groups is 1. The fraction of sp³-hybridized carbons (Fsp3) is 0.562. The molecule has 0 aliphatic carbocycles. The van der Waals surface area contributed by atoms with Crippen molar-refractivity contribution in [2.24, 2.45) is 4.99 Å². The molecule has 0 saturated heterocycles. The molecule has 0 bridgehead atoms. The fourth-order valence-electron chi connectivity index (χ4n) is 2.14. The molecular formula is C16H27IN6. The van der Waals surface area contributed by atoms with Crippen molar-refractivity contribution in [1.29, 1.82) is 0 Å². The van der Waals surface area contributed by atoms with E-state index in [0.717, 1.165) is 49.8 Å². The molecule has 1 atom stereocenters. The maximum atomic E-state index is 4.62. The van der Waals surface area contributed by atoms with Crippen LogP contribution in [-0.4, -0.2) is 39.7 Å². The lowest BCUT2D eigenvalue weighted by molar-refractivity contribution is 0.623. The summed E-state index contributed by atoms with van der Waals surface area (Å²) in [6.07, 6.45) is 4.91. The number of guanidine groups is 1. The molecule has 2 heterocycles. The Bertz CT molecular complexity index is 609. The number of nitrogens with one attached hydrogen (secondary N) is 2. The molecule has 0 aromatic carbocycles. The molecule has 0 radical (unpaired) electrons. The van der Waals surface area contributed by atoms with Gasteiger partial charge in [-0.3, -0.25) is 9.39 Å². The molecule has 2 aromatic rings. The van der Waals surface area contributed by atoms with E-state index in [9.17, 15) is 0 Å². The third-order valence-corrected chi connectivity index (χ3v) is 3.55. The predicted octanol–water partition coefficient (Wildman–Crippen LogP) is 2.63. The molecule has 23 heavy (non-hydrogen) atoms. The summed E-state index contributed by atoms with van der Waals surface area (Å²) < 4.78 is 2.03. The van der Waals surface area contributed by atoms with Gasteiger partial charge in [0, 0.05) is 31.7 Å². The first-order valence-electron chi connectivity index (χ1n) is 8.08. The molecule has 2 aromatic heterocycles. The molecule has 1 unspecified atom stereocenters. The van der Waals surface area contributed by atoms with Crippen LogP contribution in [0.5, 0.6) is 0 Å². The molecule has 0 aliphatic rings. The molecule has 7 heteroatoms. The first-order valence-corrected chi connectivity index (χ1v) is 8.08. The minimum atomic E-state index is 0. The number of rotatable bonds is 7. The quantitative estimate of drug-likeness (QED) is 0.307. The molecule has 0 fully saturated rings. The summed E-state index contributed by atoms with van der Waals surface area (Å²) in [5, 5.41) is 15.1. The lowest BCUT2D eigenvalue weighted by Gasteiger charge is -2.16. The first kappa shape index (κ1) is 19.7. The van der Waals surface area contributed by atoms with Gasteiger partial charge in [-0.15, -0.1) is 34.2 Å². The first-order chi connectivity index (χ1) is 10.7. The van der Waals surface area contributed by atoms with Gasteiger partial charge in [0.05, 0.1) is 0 Å². The van der Waals surface area contributed by atoms with E-state index in [0.29, 0.717) is 6.04 Å². The van der Waals surface area contributed by atoms with Crippen molar-refractivity contribution in [3.8, 4) is 0 Å². The topological polar surface area (TPSA) is 66.6 Å². The van der Waals surface area contributed by atoms with Gasteiger partial charge < -0.3 is 10.6 Å². The molecule has 0 saturated carbocycles. The minimum absolute atomic E-state index is 0. The van der Waals surface area contributed by atoms with Crippen LogP contribution < -0.4 is 10.6 Å². The van der Waals surface area contributed by atoms with Gasteiger partial charge in [0.2, 0.25) is 0 Å². The van der Waals surface area contributed by atoms with Crippen LogP contribution in [0.25, 0.3) is 5.65 Å². The van der Waals surface area contributed by atoms with Crippen molar-refractivity contribution in [1.82, 2.24) is 25.2 Å². The maximum absolute atomic E-state index is 4.62. The van der Waals surface area contributed by atoms with E-state index >= 15 is 0 Å². The maximum Gasteiger partial charge on any atom is 0.191 e. The lowest BCUT2D eigenvalue weighted by atomic mass is 10.3. The Morgan fingerprint density at radius 2 is 2.13 bits per heavy atom. The standard InChI is InChI=1S/C16H26N6.HI/c1-4-13(3)19-16(17-5-2)18-11-8-10-15-21-20-14-9-6-7-12-22(14)15;/h6-7,9,12-13H,4-5,8,10-11H2,1-3H3,(H2,17,18,19);1H. The average molecular weight is 430 g/mol. The average Bonchev–Trinajstić information content (AvgIpc) is 2.95. The van der Waals surface area contributed by atoms with Gasteiger partial charge in [-0.2, -0.15) is 0 Å². The SMILES string of the molecule is CCNC(=NCCCc1nnc2ccccn12)NC(C)CC.I. The van der Waals surface area contributed by atoms with E-state index in [1.807, 2.05) is 28.8 Å². The Labute approximate surface area is 155 Å². The molecule has 2 rings (SSSR count). The number of hydrogen-bond donors (Lipinski definition) is 2. The summed E-state index contributed by atoms with van der Waals surface area (Å²) in [5.41, 5.74) is 0.896. The van der Waals surface area contributed by atoms with E-state index in [4.69, 9.17) is 0 Å². The van der Waals surface area contributed by atoms with E-state index < -0.39 is 0 Å². The van der Waals surface area contributed by atoms with E-state index in [1.165, 1.54) is 0 Å². The van der Waals surface area contributed by atoms with E-state index in [2.05, 4.69) is 46.6 Å². The van der Waals surface area contributed by atoms with Gasteiger partial charge in [-0.1, -0.05) is 13.0 Å². The molecule has 0 aliphatic heterocycles. The Morgan fingerprint density at radius 3 is 2.87 bits per heavy atom. The highest BCUT2D eigenvalue weighted by Gasteiger charge is 2.05. The summed E-state index contributed by atoms with van der Waals surface area (Å²) in [6, 6.07) is 6.37. The van der Waals surface area contributed by atoms with Crippen LogP contribution in [0.1, 0.15) is 39.4 Å². The summed E-state index contributed by atoms with van der Waals surface area (Å²) in [5.74, 6) is 1.88. The zero-order chi connectivity index (χ0) is 15.8. The third kappa shape index (κ3) is 5.96. The van der Waals surface area contributed by atoms with Crippen LogP contribution in [0, 0.1) is 0 Å². The van der Waals surface area contributed by atoms with Crippen LogP contribution in [0.15, 0.2) is 29.4 Å². The van der Waals surface area contributed by atoms with E-state index in [-0.39, 0.29) is 24.0 Å². The van der Waals surface area contributed by atoms with Gasteiger partial charge in [0.15, 0.2) is 11.6 Å². The number of aromatic nitrogens is 3. The second-order valence-corrected chi connectivity index (χ2v) is 5.36. The number of halogens is 1. The Morgan fingerprint density at radius 1 is 1.30 bits per heavy atom. The molecule has 0 spiro atoms. The van der Waals surface area contributed by atoms with Crippen molar-refractivity contribution < 1.29 is 0 Å². The zero-order valence-electron chi connectivity index (χ0n) is 14.1. The van der Waals surface area contributed by atoms with Gasteiger partial charge in [0.25, 0.3) is 0 Å². The smallest absolute Gasteiger partial charge is 0.191 e. The highest BCUT2D eigenvalue weighted by molar-refractivity contribution is 14.0. The third-order valence-electron chi connectivity index (χ3n) is 3.55. The molecule has 2 N–H and O–H groups in total. The number of fused-ring (bicyclic) bond motifs is 1. The largest absolute Gasteiger partial charge is 0.357 e. The second-order valence-electron chi connectivity index (χ2n) is 5.36. The van der Waals surface area contributed by atoms with Crippen LogP contribution in [0.3, 0.4) is 0 Å². The summed E-state index contributed by atoms with van der Waals surface area (Å²) in [4.78, 5) is 4.62. The normalized spacial score (nSPS) is 12.7. The number of hydrogen-bond acceptors (Lipinski definition) is 3. The molecule has 0 amide bonds. The van der Waals surface area contributed by atoms with Crippen molar-refractivity contribution >= 4 is 35.6 Å². The van der Waals surface area contributed by atoms with Crippen LogP contribution in [0.4, 0.5) is 0 Å². The Balaban J connectivity index is 0.00000264. The lowest BCUT2D eigenvalue weighted by Crippen LogP contribution is -2.42. The monoisotopic (exact) mass is 430 g/mol. The van der Waals surface area contributed by atoms with Crippen molar-refractivity contribution in [3.05, 3.63) is 30.2 Å². The van der Waals surface area contributed by atoms with Crippen molar-refractivity contribution in [2.45, 2.75) is 46.1 Å². The minimum Gasteiger partial charge on any atom is -0.357 e.